The third-order valence-electron chi connectivity index (χ3n) is 2.69. The van der Waals surface area contributed by atoms with Gasteiger partial charge in [-0.2, -0.15) is 0 Å². The van der Waals surface area contributed by atoms with Gasteiger partial charge in [0.25, 0.3) is 0 Å². The van der Waals surface area contributed by atoms with Crippen molar-refractivity contribution in [2.45, 2.75) is 6.92 Å². The van der Waals surface area contributed by atoms with Gasteiger partial charge in [0.05, 0.1) is 0 Å². The van der Waals surface area contributed by atoms with Crippen LogP contribution in [0.25, 0.3) is 0 Å². The van der Waals surface area contributed by atoms with Crippen molar-refractivity contribution in [3.63, 3.8) is 0 Å². The molecule has 2 aromatic rings. The number of nitrogen functional groups attached to an aromatic ring is 1. The molecule has 3 nitrogen and oxygen atoms in total. The summed E-state index contributed by atoms with van der Waals surface area (Å²) in [5.74, 6) is 0.892. The minimum absolute atomic E-state index is 0.623. The first kappa shape index (κ1) is 12.3. The van der Waals surface area contributed by atoms with Crippen LogP contribution in [0.1, 0.15) is 5.56 Å². The van der Waals surface area contributed by atoms with E-state index in [-0.39, 0.29) is 0 Å². The van der Waals surface area contributed by atoms with E-state index in [2.05, 4.69) is 12.2 Å². The zero-order chi connectivity index (χ0) is 12.8. The van der Waals surface area contributed by atoms with E-state index in [1.807, 2.05) is 48.5 Å². The van der Waals surface area contributed by atoms with Crippen LogP contribution in [0.2, 0.25) is 0 Å². The van der Waals surface area contributed by atoms with Gasteiger partial charge in [-0.15, -0.1) is 0 Å². The first-order valence-electron chi connectivity index (χ1n) is 6.03. The number of para-hydroxylation sites is 1. The smallest absolute Gasteiger partial charge is 0.119 e. The zero-order valence-corrected chi connectivity index (χ0v) is 10.5. The molecule has 0 aliphatic carbocycles. The molecular weight excluding hydrogens is 224 g/mol. The summed E-state index contributed by atoms with van der Waals surface area (Å²) in [7, 11) is 0. The highest BCUT2D eigenvalue weighted by atomic mass is 16.5. The number of nitrogens with two attached hydrogens (primary N) is 1. The monoisotopic (exact) mass is 242 g/mol. The van der Waals surface area contributed by atoms with E-state index in [0.29, 0.717) is 6.61 Å². The molecule has 0 saturated heterocycles. The molecule has 3 N–H and O–H groups in total. The summed E-state index contributed by atoms with van der Waals surface area (Å²) in [4.78, 5) is 0. The standard InChI is InChI=1S/C15H18N2O/c1-12-7-8-13(16)11-15(12)17-9-10-18-14-5-3-2-4-6-14/h2-8,11,17H,9-10,16H2,1H3. The van der Waals surface area contributed by atoms with Gasteiger partial charge in [-0.25, -0.2) is 0 Å². The van der Waals surface area contributed by atoms with Crippen LogP contribution < -0.4 is 15.8 Å². The lowest BCUT2D eigenvalue weighted by atomic mass is 10.2. The quantitative estimate of drug-likeness (QED) is 0.625. The first-order chi connectivity index (χ1) is 8.75. The normalized spacial score (nSPS) is 10.1. The van der Waals surface area contributed by atoms with Crippen LogP contribution in [0.4, 0.5) is 11.4 Å². The van der Waals surface area contributed by atoms with Crippen LogP contribution in [-0.2, 0) is 0 Å². The highest BCUT2D eigenvalue weighted by Crippen LogP contribution is 2.17. The van der Waals surface area contributed by atoms with Gasteiger partial charge in [-0.3, -0.25) is 0 Å². The summed E-state index contributed by atoms with van der Waals surface area (Å²) >= 11 is 0. The predicted octanol–water partition coefficient (Wildman–Crippen LogP) is 3.07. The number of anilines is 2. The van der Waals surface area contributed by atoms with Crippen LogP contribution >= 0.6 is 0 Å². The van der Waals surface area contributed by atoms with E-state index in [9.17, 15) is 0 Å². The Morgan fingerprint density at radius 2 is 1.89 bits per heavy atom. The Bertz CT molecular complexity index is 497. The van der Waals surface area contributed by atoms with E-state index in [0.717, 1.165) is 23.7 Å². The van der Waals surface area contributed by atoms with Crippen molar-refractivity contribution in [3.05, 3.63) is 54.1 Å². The minimum atomic E-state index is 0.623. The molecule has 0 aromatic heterocycles. The van der Waals surface area contributed by atoms with Crippen molar-refractivity contribution in [2.24, 2.45) is 0 Å². The molecular formula is C15H18N2O. The molecule has 0 saturated carbocycles. The molecule has 0 heterocycles. The van der Waals surface area contributed by atoms with Crippen LogP contribution in [0.15, 0.2) is 48.5 Å². The summed E-state index contributed by atoms with van der Waals surface area (Å²) in [6.07, 6.45) is 0. The Balaban J connectivity index is 1.80. The number of benzene rings is 2. The fourth-order valence-corrected chi connectivity index (χ4v) is 1.70. The van der Waals surface area contributed by atoms with Crippen molar-refractivity contribution in [3.8, 4) is 5.75 Å². The van der Waals surface area contributed by atoms with Crippen LogP contribution in [-0.4, -0.2) is 13.2 Å². The molecule has 0 spiro atoms. The van der Waals surface area contributed by atoms with E-state index in [1.165, 1.54) is 5.56 Å². The number of ether oxygens (including phenoxy) is 1. The van der Waals surface area contributed by atoms with Gasteiger partial charge in [0.1, 0.15) is 12.4 Å². The average Bonchev–Trinajstić information content (AvgIpc) is 2.40. The van der Waals surface area contributed by atoms with Crippen molar-refractivity contribution >= 4 is 11.4 Å². The summed E-state index contributed by atoms with van der Waals surface area (Å²) in [5.41, 5.74) is 8.77. The van der Waals surface area contributed by atoms with Crippen LogP contribution in [0, 0.1) is 6.92 Å². The summed E-state index contributed by atoms with van der Waals surface area (Å²) in [6, 6.07) is 15.7. The highest BCUT2D eigenvalue weighted by Gasteiger charge is 1.98. The Kier molecular flexibility index (Phi) is 4.07. The number of rotatable bonds is 5. The van der Waals surface area contributed by atoms with E-state index in [1.54, 1.807) is 0 Å². The molecule has 94 valence electrons. The predicted molar refractivity (Wildman–Crippen MR) is 76.0 cm³/mol. The molecule has 0 radical (unpaired) electrons. The maximum absolute atomic E-state index is 5.75. The first-order valence-corrected chi connectivity index (χ1v) is 6.03. The molecule has 0 aliphatic heterocycles. The Labute approximate surface area is 108 Å². The lowest BCUT2D eigenvalue weighted by Gasteiger charge is -2.11. The second-order valence-corrected chi connectivity index (χ2v) is 4.16. The van der Waals surface area contributed by atoms with Crippen molar-refractivity contribution in [2.75, 3.05) is 24.2 Å². The molecule has 0 aliphatic rings. The fourth-order valence-electron chi connectivity index (χ4n) is 1.70. The fraction of sp³-hybridized carbons (Fsp3) is 0.200. The average molecular weight is 242 g/mol. The number of hydrogen-bond acceptors (Lipinski definition) is 3. The third-order valence-corrected chi connectivity index (χ3v) is 2.69. The summed E-state index contributed by atoms with van der Waals surface area (Å²) in [5, 5.41) is 3.32. The number of aryl methyl sites for hydroxylation is 1. The second kappa shape index (κ2) is 5.96. The molecule has 0 amide bonds. The van der Waals surface area contributed by atoms with Crippen molar-refractivity contribution in [1.29, 1.82) is 0 Å². The lowest BCUT2D eigenvalue weighted by Crippen LogP contribution is -2.12. The SMILES string of the molecule is Cc1ccc(N)cc1NCCOc1ccccc1. The minimum Gasteiger partial charge on any atom is -0.492 e. The number of nitrogens with one attached hydrogen (secondary N) is 1. The maximum Gasteiger partial charge on any atom is 0.119 e. The number of hydrogen-bond donors (Lipinski definition) is 2. The van der Waals surface area contributed by atoms with Crippen molar-refractivity contribution < 1.29 is 4.74 Å². The topological polar surface area (TPSA) is 47.3 Å². The molecule has 3 heteroatoms. The van der Waals surface area contributed by atoms with Gasteiger partial charge in [0, 0.05) is 17.9 Å². The third kappa shape index (κ3) is 3.42. The van der Waals surface area contributed by atoms with Gasteiger partial charge in [-0.05, 0) is 36.8 Å². The van der Waals surface area contributed by atoms with Gasteiger partial charge in [0.2, 0.25) is 0 Å². The van der Waals surface area contributed by atoms with Crippen molar-refractivity contribution in [1.82, 2.24) is 0 Å². The van der Waals surface area contributed by atoms with Gasteiger partial charge >= 0.3 is 0 Å². The maximum atomic E-state index is 5.75. The lowest BCUT2D eigenvalue weighted by molar-refractivity contribution is 0.333. The van der Waals surface area contributed by atoms with Gasteiger partial charge in [-0.1, -0.05) is 24.3 Å². The van der Waals surface area contributed by atoms with Crippen LogP contribution in [0.3, 0.4) is 0 Å². The molecule has 18 heavy (non-hydrogen) atoms. The Morgan fingerprint density at radius 1 is 1.11 bits per heavy atom. The molecule has 2 aromatic carbocycles. The highest BCUT2D eigenvalue weighted by molar-refractivity contribution is 5.59. The molecule has 0 unspecified atom stereocenters. The van der Waals surface area contributed by atoms with E-state index < -0.39 is 0 Å². The molecule has 0 fully saturated rings. The molecule has 0 bridgehead atoms. The zero-order valence-electron chi connectivity index (χ0n) is 10.5. The van der Waals surface area contributed by atoms with E-state index >= 15 is 0 Å². The summed E-state index contributed by atoms with van der Waals surface area (Å²) in [6.45, 7) is 3.43. The van der Waals surface area contributed by atoms with Gasteiger partial charge in [0.15, 0.2) is 0 Å². The second-order valence-electron chi connectivity index (χ2n) is 4.16. The largest absolute Gasteiger partial charge is 0.492 e. The summed E-state index contributed by atoms with van der Waals surface area (Å²) < 4.78 is 5.60. The van der Waals surface area contributed by atoms with Gasteiger partial charge < -0.3 is 15.8 Å². The molecule has 2 rings (SSSR count). The van der Waals surface area contributed by atoms with Crippen LogP contribution in [0.5, 0.6) is 5.75 Å². The Morgan fingerprint density at radius 3 is 2.67 bits per heavy atom. The molecule has 0 atom stereocenters. The Hall–Kier alpha value is -2.16. The van der Waals surface area contributed by atoms with E-state index in [4.69, 9.17) is 10.5 Å².